The highest BCUT2D eigenvalue weighted by atomic mass is 32.1. The first kappa shape index (κ1) is 17.8. The zero-order chi connectivity index (χ0) is 20.1. The first-order valence-corrected chi connectivity index (χ1v) is 11.4. The molecule has 2 aromatic heterocycles. The normalized spacial score (nSPS) is 18.9. The van der Waals surface area contributed by atoms with Crippen LogP contribution in [-0.4, -0.2) is 28.5 Å². The predicted octanol–water partition coefficient (Wildman–Crippen LogP) is 5.08. The Labute approximate surface area is 178 Å². The molecule has 3 heterocycles. The standard InChI is InChI=1S/C24H22N4OS/c29-23(25-15-11-12-15)17-14-22(26-18-7-2-1-6-16(17)18)28-13-5-9-20(28)24-27-19-8-3-4-10-21(19)30-24/h1-4,6-8,10,14-15,20H,5,9,11-13H2,(H,25,29). The molecule has 1 atom stereocenters. The van der Waals surface area contributed by atoms with Crippen LogP contribution in [0.1, 0.15) is 47.1 Å². The number of pyridine rings is 1. The highest BCUT2D eigenvalue weighted by Crippen LogP contribution is 2.39. The van der Waals surface area contributed by atoms with Gasteiger partial charge < -0.3 is 10.2 Å². The van der Waals surface area contributed by atoms with E-state index in [9.17, 15) is 4.79 Å². The fraction of sp³-hybridized carbons (Fsp3) is 0.292. The highest BCUT2D eigenvalue weighted by Gasteiger charge is 2.31. The summed E-state index contributed by atoms with van der Waals surface area (Å²) in [5.41, 5.74) is 2.64. The summed E-state index contributed by atoms with van der Waals surface area (Å²) in [7, 11) is 0. The molecule has 1 amide bonds. The van der Waals surface area contributed by atoms with Crippen LogP contribution in [0, 0.1) is 0 Å². The number of thiazole rings is 1. The van der Waals surface area contributed by atoms with E-state index in [-0.39, 0.29) is 11.9 Å². The van der Waals surface area contributed by atoms with Crippen molar-refractivity contribution in [3.05, 3.63) is 65.2 Å². The summed E-state index contributed by atoms with van der Waals surface area (Å²) in [5, 5.41) is 5.19. The molecule has 1 aliphatic carbocycles. The fourth-order valence-corrected chi connectivity index (χ4v) is 5.43. The fourth-order valence-electron chi connectivity index (χ4n) is 4.32. The predicted molar refractivity (Wildman–Crippen MR) is 121 cm³/mol. The third kappa shape index (κ3) is 3.12. The number of amides is 1. The largest absolute Gasteiger partial charge is 0.349 e. The summed E-state index contributed by atoms with van der Waals surface area (Å²) < 4.78 is 1.22. The minimum Gasteiger partial charge on any atom is -0.349 e. The van der Waals surface area contributed by atoms with E-state index in [1.54, 1.807) is 11.3 Å². The van der Waals surface area contributed by atoms with Crippen LogP contribution >= 0.6 is 11.3 Å². The number of benzene rings is 2. The van der Waals surface area contributed by atoms with Crippen LogP contribution in [0.5, 0.6) is 0 Å². The molecular weight excluding hydrogens is 392 g/mol. The lowest BCUT2D eigenvalue weighted by Gasteiger charge is -2.25. The third-order valence-electron chi connectivity index (χ3n) is 6.00. The first-order valence-electron chi connectivity index (χ1n) is 10.6. The lowest BCUT2D eigenvalue weighted by atomic mass is 10.1. The van der Waals surface area contributed by atoms with Crippen LogP contribution in [0.15, 0.2) is 54.6 Å². The van der Waals surface area contributed by atoms with E-state index in [1.807, 2.05) is 36.4 Å². The third-order valence-corrected chi connectivity index (χ3v) is 7.14. The van der Waals surface area contributed by atoms with Crippen LogP contribution in [0.25, 0.3) is 21.1 Å². The summed E-state index contributed by atoms with van der Waals surface area (Å²) in [4.78, 5) is 25.2. The smallest absolute Gasteiger partial charge is 0.252 e. The van der Waals surface area contributed by atoms with Gasteiger partial charge in [0.1, 0.15) is 10.8 Å². The van der Waals surface area contributed by atoms with Crippen molar-refractivity contribution in [1.82, 2.24) is 15.3 Å². The van der Waals surface area contributed by atoms with Crippen LogP contribution in [0.2, 0.25) is 0 Å². The summed E-state index contributed by atoms with van der Waals surface area (Å²) in [6.07, 6.45) is 4.30. The number of para-hydroxylation sites is 2. The Morgan fingerprint density at radius 3 is 2.63 bits per heavy atom. The molecule has 0 bridgehead atoms. The maximum absolute atomic E-state index is 13.0. The lowest BCUT2D eigenvalue weighted by Crippen LogP contribution is -2.27. The zero-order valence-corrected chi connectivity index (χ0v) is 17.4. The Morgan fingerprint density at radius 2 is 1.80 bits per heavy atom. The van der Waals surface area contributed by atoms with Gasteiger partial charge in [-0.15, -0.1) is 11.3 Å². The van der Waals surface area contributed by atoms with Crippen molar-refractivity contribution < 1.29 is 4.79 Å². The second-order valence-corrected chi connectivity index (χ2v) is 9.23. The number of nitrogens with one attached hydrogen (secondary N) is 1. The van der Waals surface area contributed by atoms with E-state index in [1.165, 1.54) is 4.70 Å². The van der Waals surface area contributed by atoms with Gasteiger partial charge in [0.15, 0.2) is 0 Å². The molecular formula is C24H22N4OS. The summed E-state index contributed by atoms with van der Waals surface area (Å²) >= 11 is 1.76. The average molecular weight is 415 g/mol. The van der Waals surface area contributed by atoms with Gasteiger partial charge in [-0.05, 0) is 49.9 Å². The van der Waals surface area contributed by atoms with E-state index in [4.69, 9.17) is 9.97 Å². The molecule has 30 heavy (non-hydrogen) atoms. The van der Waals surface area contributed by atoms with Crippen molar-refractivity contribution in [1.29, 1.82) is 0 Å². The zero-order valence-electron chi connectivity index (χ0n) is 16.5. The molecule has 1 unspecified atom stereocenters. The number of hydrogen-bond donors (Lipinski definition) is 1. The van der Waals surface area contributed by atoms with Crippen molar-refractivity contribution >= 4 is 44.2 Å². The number of hydrogen-bond acceptors (Lipinski definition) is 5. The lowest BCUT2D eigenvalue weighted by molar-refractivity contribution is 0.0952. The number of anilines is 1. The molecule has 150 valence electrons. The van der Waals surface area contributed by atoms with Crippen molar-refractivity contribution in [3.63, 3.8) is 0 Å². The Hall–Kier alpha value is -2.99. The minimum absolute atomic E-state index is 0.00749. The second-order valence-electron chi connectivity index (χ2n) is 8.16. The molecule has 6 heteroatoms. The average Bonchev–Trinajstić information content (AvgIpc) is 3.28. The quantitative estimate of drug-likeness (QED) is 0.506. The van der Waals surface area contributed by atoms with Gasteiger partial charge in [-0.1, -0.05) is 30.3 Å². The number of nitrogens with zero attached hydrogens (tertiary/aromatic N) is 3. The topological polar surface area (TPSA) is 58.1 Å². The summed E-state index contributed by atoms with van der Waals surface area (Å²) in [6, 6.07) is 18.7. The number of carbonyl (C=O) groups is 1. The first-order chi connectivity index (χ1) is 14.8. The van der Waals surface area contributed by atoms with Crippen molar-refractivity contribution in [2.45, 2.75) is 37.8 Å². The van der Waals surface area contributed by atoms with Gasteiger partial charge in [-0.3, -0.25) is 4.79 Å². The number of aromatic nitrogens is 2. The number of fused-ring (bicyclic) bond motifs is 2. The van der Waals surface area contributed by atoms with Crippen molar-refractivity contribution in [3.8, 4) is 0 Å². The molecule has 6 rings (SSSR count). The van der Waals surface area contributed by atoms with Gasteiger partial charge in [-0.25, -0.2) is 9.97 Å². The minimum atomic E-state index is 0.00749. The summed E-state index contributed by atoms with van der Waals surface area (Å²) in [6.45, 7) is 0.926. The van der Waals surface area contributed by atoms with Crippen molar-refractivity contribution in [2.24, 2.45) is 0 Å². The van der Waals surface area contributed by atoms with Crippen LogP contribution in [0.3, 0.4) is 0 Å². The Balaban J connectivity index is 1.42. The molecule has 2 aromatic carbocycles. The maximum Gasteiger partial charge on any atom is 0.252 e. The van der Waals surface area contributed by atoms with Gasteiger partial charge in [0.25, 0.3) is 5.91 Å². The van der Waals surface area contributed by atoms with Crippen molar-refractivity contribution in [2.75, 3.05) is 11.4 Å². The van der Waals surface area contributed by atoms with E-state index < -0.39 is 0 Å². The number of carbonyl (C=O) groups excluding carboxylic acids is 1. The molecule has 1 aliphatic heterocycles. The van der Waals surface area contributed by atoms with Gasteiger partial charge >= 0.3 is 0 Å². The Bertz CT molecular complexity index is 1230. The van der Waals surface area contributed by atoms with Gasteiger partial charge in [0, 0.05) is 18.0 Å². The van der Waals surface area contributed by atoms with Crippen LogP contribution in [-0.2, 0) is 0 Å². The molecule has 1 N–H and O–H groups in total. The highest BCUT2D eigenvalue weighted by molar-refractivity contribution is 7.18. The summed E-state index contributed by atoms with van der Waals surface area (Å²) in [5.74, 6) is 0.879. The van der Waals surface area contributed by atoms with E-state index in [0.29, 0.717) is 6.04 Å². The molecule has 1 saturated heterocycles. The Kier molecular flexibility index (Phi) is 4.20. The molecule has 4 aromatic rings. The van der Waals surface area contributed by atoms with E-state index in [0.717, 1.165) is 65.0 Å². The second kappa shape index (κ2) is 7.06. The SMILES string of the molecule is O=C(NC1CC1)c1cc(N2CCCC2c2nc3ccccc3s2)nc2ccccc12. The molecule has 0 spiro atoms. The monoisotopic (exact) mass is 414 g/mol. The molecule has 2 fully saturated rings. The molecule has 0 radical (unpaired) electrons. The molecule has 5 nitrogen and oxygen atoms in total. The van der Waals surface area contributed by atoms with Crippen LogP contribution < -0.4 is 10.2 Å². The van der Waals surface area contributed by atoms with E-state index >= 15 is 0 Å². The maximum atomic E-state index is 13.0. The molecule has 2 aliphatic rings. The van der Waals surface area contributed by atoms with E-state index in [2.05, 4.69) is 28.4 Å². The van der Waals surface area contributed by atoms with Gasteiger partial charge in [0.2, 0.25) is 0 Å². The van der Waals surface area contributed by atoms with Gasteiger partial charge in [0.05, 0.1) is 27.3 Å². The van der Waals surface area contributed by atoms with Crippen LogP contribution in [0.4, 0.5) is 5.82 Å². The Morgan fingerprint density at radius 1 is 1.00 bits per heavy atom. The number of rotatable bonds is 4. The molecule has 1 saturated carbocycles. The van der Waals surface area contributed by atoms with Gasteiger partial charge in [-0.2, -0.15) is 0 Å².